The van der Waals surface area contributed by atoms with Gasteiger partial charge in [-0.3, -0.25) is 10.00 Å². The molecule has 206 valence electrons. The van der Waals surface area contributed by atoms with Crippen LogP contribution in [0.2, 0.25) is 0 Å². The van der Waals surface area contributed by atoms with Crippen LogP contribution in [0.4, 0.5) is 31.9 Å². The van der Waals surface area contributed by atoms with Gasteiger partial charge >= 0.3 is 5.16 Å². The normalized spacial score (nSPS) is 13.6. The lowest BCUT2D eigenvalue weighted by Gasteiger charge is -2.25. The molecule has 2 aromatic carbocycles. The molecule has 0 amide bonds. The third-order valence-electron chi connectivity index (χ3n) is 6.08. The third kappa shape index (κ3) is 6.10. The third-order valence-corrected chi connectivity index (χ3v) is 7.01. The lowest BCUT2D eigenvalue weighted by Crippen LogP contribution is -2.40. The molecule has 1 aliphatic heterocycles. The van der Waals surface area contributed by atoms with Crippen molar-refractivity contribution in [3.05, 3.63) is 75.8 Å². The molecule has 0 aliphatic carbocycles. The molecule has 13 heteroatoms. The number of morpholine rings is 1. The van der Waals surface area contributed by atoms with Crippen molar-refractivity contribution >= 4 is 47.1 Å². The SMILES string of the molecule is COc1c(Nc2cc(C)[nH]n2)nc(Sc2ccc(/C=C/c3cccc(N=O)c3F)cc2F)[nH+]c1N1CCOCC1. The summed E-state index contributed by atoms with van der Waals surface area (Å²) in [5, 5.41) is 13.4. The predicted molar refractivity (Wildman–Crippen MR) is 148 cm³/mol. The molecular weight excluding hydrogens is 540 g/mol. The number of ether oxygens (including phenoxy) is 2. The molecule has 0 atom stereocenters. The lowest BCUT2D eigenvalue weighted by atomic mass is 10.1. The minimum Gasteiger partial charge on any atom is -0.487 e. The molecule has 5 rings (SSSR count). The Kier molecular flexibility index (Phi) is 8.31. The summed E-state index contributed by atoms with van der Waals surface area (Å²) in [6.07, 6.45) is 3.03. The van der Waals surface area contributed by atoms with Crippen molar-refractivity contribution < 1.29 is 23.2 Å². The smallest absolute Gasteiger partial charge is 0.303 e. The second kappa shape index (κ2) is 12.2. The fraction of sp³-hybridized carbons (Fsp3) is 0.222. The summed E-state index contributed by atoms with van der Waals surface area (Å²) in [6.45, 7) is 4.30. The topological polar surface area (TPSA) is 119 Å². The Morgan fingerprint density at radius 1 is 1.20 bits per heavy atom. The molecule has 0 saturated carbocycles. The van der Waals surface area contributed by atoms with E-state index >= 15 is 4.39 Å². The van der Waals surface area contributed by atoms with Crippen LogP contribution in [0, 0.1) is 23.5 Å². The second-order valence-corrected chi connectivity index (χ2v) is 9.86. The van der Waals surface area contributed by atoms with Crippen molar-refractivity contribution in [2.24, 2.45) is 5.18 Å². The van der Waals surface area contributed by atoms with E-state index in [1.807, 2.05) is 13.0 Å². The summed E-state index contributed by atoms with van der Waals surface area (Å²) in [7, 11) is 1.56. The number of hydrogen-bond acceptors (Lipinski definition) is 9. The molecule has 2 aromatic heterocycles. The quantitative estimate of drug-likeness (QED) is 0.155. The largest absolute Gasteiger partial charge is 0.487 e. The average molecular weight is 567 g/mol. The number of aromatic amines is 2. The van der Waals surface area contributed by atoms with E-state index in [2.05, 4.69) is 35.6 Å². The van der Waals surface area contributed by atoms with Gasteiger partial charge < -0.3 is 14.8 Å². The number of hydrogen-bond donors (Lipinski definition) is 2. The zero-order valence-corrected chi connectivity index (χ0v) is 22.5. The number of halogens is 2. The van der Waals surface area contributed by atoms with Gasteiger partial charge in [-0.05, 0) is 47.6 Å². The Morgan fingerprint density at radius 3 is 2.73 bits per heavy atom. The zero-order valence-electron chi connectivity index (χ0n) is 21.7. The van der Waals surface area contributed by atoms with Gasteiger partial charge in [0.2, 0.25) is 0 Å². The van der Waals surface area contributed by atoms with E-state index in [4.69, 9.17) is 9.47 Å². The highest BCUT2D eigenvalue weighted by Crippen LogP contribution is 2.36. The number of nitroso groups, excluding NO2 is 1. The van der Waals surface area contributed by atoms with Crippen LogP contribution in [0.15, 0.2) is 57.7 Å². The highest BCUT2D eigenvalue weighted by atomic mass is 32.2. The molecule has 3 N–H and O–H groups in total. The molecule has 0 spiro atoms. The molecule has 0 bridgehead atoms. The van der Waals surface area contributed by atoms with Gasteiger partial charge in [0.25, 0.3) is 17.4 Å². The van der Waals surface area contributed by atoms with E-state index in [9.17, 15) is 9.30 Å². The summed E-state index contributed by atoms with van der Waals surface area (Å²) < 4.78 is 40.7. The molecule has 10 nitrogen and oxygen atoms in total. The van der Waals surface area contributed by atoms with Crippen LogP contribution < -0.4 is 19.9 Å². The van der Waals surface area contributed by atoms with Crippen LogP contribution in [0.25, 0.3) is 12.2 Å². The Bertz CT molecular complexity index is 1560. The lowest BCUT2D eigenvalue weighted by molar-refractivity contribution is -0.421. The summed E-state index contributed by atoms with van der Waals surface area (Å²) in [6, 6.07) is 10.8. The number of methoxy groups -OCH3 is 1. The van der Waals surface area contributed by atoms with Crippen molar-refractivity contribution in [2.45, 2.75) is 17.0 Å². The molecule has 40 heavy (non-hydrogen) atoms. The number of aryl methyl sites for hydroxylation is 1. The molecule has 1 saturated heterocycles. The molecule has 1 fully saturated rings. The Morgan fingerprint density at radius 2 is 2.02 bits per heavy atom. The molecule has 1 aliphatic rings. The highest BCUT2D eigenvalue weighted by molar-refractivity contribution is 7.99. The van der Waals surface area contributed by atoms with Gasteiger partial charge in [0.1, 0.15) is 11.5 Å². The first-order chi connectivity index (χ1) is 19.4. The van der Waals surface area contributed by atoms with Gasteiger partial charge in [-0.2, -0.15) is 5.10 Å². The predicted octanol–water partition coefficient (Wildman–Crippen LogP) is 5.51. The van der Waals surface area contributed by atoms with E-state index in [-0.39, 0.29) is 11.3 Å². The molecule has 0 unspecified atom stereocenters. The van der Waals surface area contributed by atoms with Crippen molar-refractivity contribution in [3.8, 4) is 5.75 Å². The maximum atomic E-state index is 15.2. The van der Waals surface area contributed by atoms with Gasteiger partial charge in [-0.15, -0.1) is 4.91 Å². The van der Waals surface area contributed by atoms with Crippen molar-refractivity contribution in [1.82, 2.24) is 15.2 Å². The average Bonchev–Trinajstić information content (AvgIpc) is 3.38. The second-order valence-electron chi connectivity index (χ2n) is 8.83. The van der Waals surface area contributed by atoms with Gasteiger partial charge in [0, 0.05) is 17.3 Å². The first kappa shape index (κ1) is 27.2. The van der Waals surface area contributed by atoms with Crippen LogP contribution in [0.5, 0.6) is 5.75 Å². The van der Waals surface area contributed by atoms with Gasteiger partial charge in [0.15, 0.2) is 11.6 Å². The van der Waals surface area contributed by atoms with E-state index in [0.29, 0.717) is 65.1 Å². The number of aromatic nitrogens is 4. The van der Waals surface area contributed by atoms with Gasteiger partial charge in [-0.25, -0.2) is 13.8 Å². The van der Waals surface area contributed by atoms with Crippen LogP contribution in [-0.4, -0.2) is 48.6 Å². The van der Waals surface area contributed by atoms with Crippen LogP contribution >= 0.6 is 11.8 Å². The molecular formula is C27H26F2N7O3S+. The highest BCUT2D eigenvalue weighted by Gasteiger charge is 2.29. The maximum Gasteiger partial charge on any atom is 0.303 e. The molecule has 0 radical (unpaired) electrons. The number of H-pyrrole nitrogens is 2. The molecule has 4 aromatic rings. The fourth-order valence-corrected chi connectivity index (χ4v) is 4.91. The monoisotopic (exact) mass is 566 g/mol. The van der Waals surface area contributed by atoms with Gasteiger partial charge in [0.05, 0.1) is 38.3 Å². The summed E-state index contributed by atoms with van der Waals surface area (Å²) >= 11 is 1.12. The first-order valence-electron chi connectivity index (χ1n) is 12.4. The van der Waals surface area contributed by atoms with Crippen LogP contribution in [0.3, 0.4) is 0 Å². The van der Waals surface area contributed by atoms with E-state index in [1.54, 1.807) is 25.3 Å². The summed E-state index contributed by atoms with van der Waals surface area (Å²) in [5.41, 5.74) is 1.29. The van der Waals surface area contributed by atoms with Crippen LogP contribution in [-0.2, 0) is 4.74 Å². The van der Waals surface area contributed by atoms with Crippen molar-refractivity contribution in [3.63, 3.8) is 0 Å². The van der Waals surface area contributed by atoms with Gasteiger partial charge in [-0.1, -0.05) is 35.3 Å². The number of anilines is 3. The number of benzene rings is 2. The number of nitrogens with zero attached hydrogens (tertiary/aromatic N) is 4. The van der Waals surface area contributed by atoms with E-state index in [0.717, 1.165) is 17.5 Å². The van der Waals surface area contributed by atoms with E-state index in [1.165, 1.54) is 30.3 Å². The minimum absolute atomic E-state index is 0.177. The fourth-order valence-electron chi connectivity index (χ4n) is 4.12. The first-order valence-corrected chi connectivity index (χ1v) is 13.2. The maximum absolute atomic E-state index is 15.2. The molecule has 3 heterocycles. The zero-order chi connectivity index (χ0) is 28.1. The Labute approximate surface area is 232 Å². The minimum atomic E-state index is -0.729. The van der Waals surface area contributed by atoms with E-state index < -0.39 is 11.6 Å². The summed E-state index contributed by atoms with van der Waals surface area (Å²) in [4.78, 5) is 21.1. The summed E-state index contributed by atoms with van der Waals surface area (Å²) in [5.74, 6) is 0.957. The number of nitrogens with one attached hydrogen (secondary N) is 3. The Balaban J connectivity index is 1.44. The van der Waals surface area contributed by atoms with Crippen molar-refractivity contribution in [1.29, 1.82) is 0 Å². The van der Waals surface area contributed by atoms with Crippen molar-refractivity contribution in [2.75, 3.05) is 43.6 Å². The number of rotatable bonds is 9. The Hall–Kier alpha value is -4.36. The van der Waals surface area contributed by atoms with Crippen LogP contribution in [0.1, 0.15) is 16.8 Å². The standard InChI is InChI=1S/C27H25F2N7O3S/c1-16-14-22(34-33-16)30-25-24(38-2)26(36-10-12-39-13-11-36)32-27(31-25)40-21-9-7-17(15-19(21)28)6-8-18-4-3-5-20(35-37)23(18)29/h3-9,14-15H,10-13H2,1-2H3,(H2,30,31,32,33,34)/p+1/b8-6+.